The number of carbonyl (C=O) groups excluding carboxylic acids is 2. The highest BCUT2D eigenvalue weighted by molar-refractivity contribution is 6.31. The molecule has 38 heavy (non-hydrogen) atoms. The van der Waals surface area contributed by atoms with Gasteiger partial charge in [-0.2, -0.15) is 0 Å². The summed E-state index contributed by atoms with van der Waals surface area (Å²) in [5.41, 5.74) is 2.35. The zero-order valence-electron chi connectivity index (χ0n) is 21.2. The first-order chi connectivity index (χ1) is 18.3. The van der Waals surface area contributed by atoms with Gasteiger partial charge < -0.3 is 34.5 Å². The van der Waals surface area contributed by atoms with Crippen LogP contribution in [0.3, 0.4) is 0 Å². The molecule has 2 atom stereocenters. The Bertz CT molecular complexity index is 1240. The van der Waals surface area contributed by atoms with Crippen LogP contribution in [0, 0.1) is 5.82 Å². The molecular weight excluding hydrogens is 513 g/mol. The van der Waals surface area contributed by atoms with Crippen molar-refractivity contribution in [2.75, 3.05) is 44.7 Å². The highest BCUT2D eigenvalue weighted by atomic mass is 35.5. The molecule has 3 aliphatic rings. The molecule has 2 saturated heterocycles. The summed E-state index contributed by atoms with van der Waals surface area (Å²) in [6.07, 6.45) is 3.29. The largest absolute Gasteiger partial charge is 0.441 e. The number of morpholine rings is 1. The molecule has 2 N–H and O–H groups in total. The molecule has 0 saturated carbocycles. The molecule has 0 aromatic heterocycles. The van der Waals surface area contributed by atoms with Gasteiger partial charge in [-0.25, -0.2) is 4.39 Å². The lowest BCUT2D eigenvalue weighted by Gasteiger charge is -2.35. The molecule has 3 aliphatic heterocycles. The number of anilines is 1. The lowest BCUT2D eigenvalue weighted by atomic mass is 9.90. The number of aliphatic hydroxyl groups excluding tert-OH is 1. The van der Waals surface area contributed by atoms with Crippen LogP contribution in [0.15, 0.2) is 42.3 Å². The van der Waals surface area contributed by atoms with Crippen molar-refractivity contribution in [3.05, 3.63) is 69.8 Å². The van der Waals surface area contributed by atoms with Crippen molar-refractivity contribution in [2.45, 2.75) is 37.8 Å². The third-order valence-corrected chi connectivity index (χ3v) is 7.56. The van der Waals surface area contributed by atoms with Crippen LogP contribution in [0.1, 0.15) is 53.2 Å². The topological polar surface area (TPSA) is 91.3 Å². The molecule has 8 nitrogen and oxygen atoms in total. The van der Waals surface area contributed by atoms with Gasteiger partial charge in [0.2, 0.25) is 0 Å². The fraction of sp³-hybridized carbons (Fsp3) is 0.429. The van der Waals surface area contributed by atoms with E-state index in [4.69, 9.17) is 21.1 Å². The maximum absolute atomic E-state index is 13.7. The number of piperidine rings is 1. The molecule has 10 heteroatoms. The average Bonchev–Trinajstić information content (AvgIpc) is 2.94. The second-order valence-corrected chi connectivity index (χ2v) is 10.3. The van der Waals surface area contributed by atoms with Gasteiger partial charge in [0.25, 0.3) is 5.91 Å². The second-order valence-electron chi connectivity index (χ2n) is 9.87. The zero-order chi connectivity index (χ0) is 26.8. The molecule has 3 heterocycles. The summed E-state index contributed by atoms with van der Waals surface area (Å²) in [5, 5.41) is 13.2. The number of ether oxygens (including phenoxy) is 2. The number of halogens is 2. The first kappa shape index (κ1) is 26.5. The van der Waals surface area contributed by atoms with Gasteiger partial charge in [0, 0.05) is 48.6 Å². The highest BCUT2D eigenvalue weighted by Gasteiger charge is 2.32. The van der Waals surface area contributed by atoms with Gasteiger partial charge in [0.15, 0.2) is 5.88 Å². The number of carbonyl (C=O) groups is 2. The Morgan fingerprint density at radius 2 is 1.92 bits per heavy atom. The van der Waals surface area contributed by atoms with Gasteiger partial charge in [-0.3, -0.25) is 4.79 Å². The van der Waals surface area contributed by atoms with Crippen LogP contribution in [0.4, 0.5) is 10.1 Å². The van der Waals surface area contributed by atoms with E-state index in [1.54, 1.807) is 29.2 Å². The minimum atomic E-state index is -0.598. The number of amides is 1. The Morgan fingerprint density at radius 1 is 1.18 bits per heavy atom. The zero-order valence-corrected chi connectivity index (χ0v) is 21.9. The van der Waals surface area contributed by atoms with E-state index in [9.17, 15) is 19.1 Å². The van der Waals surface area contributed by atoms with E-state index < -0.39 is 17.8 Å². The van der Waals surface area contributed by atoms with Crippen LogP contribution in [-0.2, 0) is 9.53 Å². The quantitative estimate of drug-likeness (QED) is 0.530. The Balaban J connectivity index is 1.53. The summed E-state index contributed by atoms with van der Waals surface area (Å²) in [6.45, 7) is 5.24. The normalized spacial score (nSPS) is 20.7. The van der Waals surface area contributed by atoms with Crippen molar-refractivity contribution in [2.24, 2.45) is 0 Å². The third-order valence-electron chi connectivity index (χ3n) is 7.27. The van der Waals surface area contributed by atoms with Crippen LogP contribution in [-0.4, -0.2) is 72.6 Å². The number of allylic oxidation sites excluding steroid dienone is 1. The van der Waals surface area contributed by atoms with E-state index in [0.29, 0.717) is 86.2 Å². The summed E-state index contributed by atoms with van der Waals surface area (Å²) >= 11 is 6.00. The Labute approximate surface area is 226 Å². The van der Waals surface area contributed by atoms with Crippen molar-refractivity contribution >= 4 is 29.5 Å². The predicted molar refractivity (Wildman–Crippen MR) is 141 cm³/mol. The molecule has 1 amide bonds. The third kappa shape index (κ3) is 5.50. The molecular formula is C28H31ClFN3O5. The number of aldehydes is 1. The molecule has 0 spiro atoms. The lowest BCUT2D eigenvalue weighted by Crippen LogP contribution is -2.40. The molecule has 2 fully saturated rings. The number of likely N-dealkylation sites (tertiary alicyclic amines) is 1. The van der Waals surface area contributed by atoms with Gasteiger partial charge in [-0.1, -0.05) is 11.6 Å². The lowest BCUT2D eigenvalue weighted by molar-refractivity contribution is -0.108. The molecule has 5 rings (SSSR count). The van der Waals surface area contributed by atoms with E-state index in [-0.39, 0.29) is 17.0 Å². The van der Waals surface area contributed by atoms with E-state index in [1.807, 2.05) is 11.8 Å². The SMILES string of the molecule is CC(Nc1ccc(F)c(Cl)c1)c1cc(C(=O)N2CCC(O)CC2)cc2c1OC(N1CCOCC1)=CC2C=O. The van der Waals surface area contributed by atoms with Crippen LogP contribution in [0.2, 0.25) is 5.02 Å². The summed E-state index contributed by atoms with van der Waals surface area (Å²) in [7, 11) is 0. The number of hydrogen-bond acceptors (Lipinski definition) is 7. The second kappa shape index (κ2) is 11.3. The van der Waals surface area contributed by atoms with Crippen molar-refractivity contribution in [1.82, 2.24) is 9.80 Å². The number of nitrogens with zero attached hydrogens (tertiary/aromatic N) is 2. The highest BCUT2D eigenvalue weighted by Crippen LogP contribution is 2.42. The number of benzene rings is 2. The first-order valence-corrected chi connectivity index (χ1v) is 13.3. The van der Waals surface area contributed by atoms with E-state index in [0.717, 1.165) is 6.29 Å². The van der Waals surface area contributed by atoms with Crippen LogP contribution in [0.25, 0.3) is 0 Å². The summed E-state index contributed by atoms with van der Waals surface area (Å²) < 4.78 is 25.6. The molecule has 0 bridgehead atoms. The van der Waals surface area contributed by atoms with Gasteiger partial charge in [-0.15, -0.1) is 0 Å². The van der Waals surface area contributed by atoms with E-state index in [2.05, 4.69) is 5.32 Å². The monoisotopic (exact) mass is 543 g/mol. The number of aliphatic hydroxyl groups is 1. The number of fused-ring (bicyclic) bond motifs is 1. The van der Waals surface area contributed by atoms with Crippen LogP contribution < -0.4 is 10.1 Å². The van der Waals surface area contributed by atoms with Crippen LogP contribution in [0.5, 0.6) is 5.75 Å². The number of nitrogens with one attached hydrogen (secondary N) is 1. The van der Waals surface area contributed by atoms with Gasteiger partial charge in [0.1, 0.15) is 17.9 Å². The van der Waals surface area contributed by atoms with Crippen molar-refractivity contribution in [3.63, 3.8) is 0 Å². The molecule has 0 radical (unpaired) electrons. The molecule has 0 aliphatic carbocycles. The summed E-state index contributed by atoms with van der Waals surface area (Å²) in [6, 6.07) is 7.53. The van der Waals surface area contributed by atoms with E-state index in [1.165, 1.54) is 12.1 Å². The number of rotatable bonds is 6. The Kier molecular flexibility index (Phi) is 7.88. The van der Waals surface area contributed by atoms with Gasteiger partial charge in [0.05, 0.1) is 36.3 Å². The van der Waals surface area contributed by atoms with Crippen molar-refractivity contribution in [3.8, 4) is 5.75 Å². The Morgan fingerprint density at radius 3 is 2.61 bits per heavy atom. The summed E-state index contributed by atoms with van der Waals surface area (Å²) in [5.74, 6) is -0.173. The van der Waals surface area contributed by atoms with Crippen LogP contribution >= 0.6 is 11.6 Å². The first-order valence-electron chi connectivity index (χ1n) is 12.9. The standard InChI is InChI=1S/C28H31ClFN3O5/c1-17(31-20-2-3-25(30)24(29)15-20)22-12-18(28(36)33-6-4-21(35)5-7-33)13-23-19(16-34)14-26(38-27(22)23)32-8-10-37-11-9-32/h2-3,12-17,19,21,31,35H,4-11H2,1H3. The molecule has 202 valence electrons. The fourth-order valence-electron chi connectivity index (χ4n) is 5.10. The molecule has 2 unspecified atom stereocenters. The number of hydrogen-bond donors (Lipinski definition) is 2. The molecule has 2 aromatic rings. The minimum Gasteiger partial charge on any atom is -0.441 e. The smallest absolute Gasteiger partial charge is 0.253 e. The molecule has 2 aromatic carbocycles. The van der Waals surface area contributed by atoms with Gasteiger partial charge >= 0.3 is 0 Å². The maximum atomic E-state index is 13.7. The fourth-order valence-corrected chi connectivity index (χ4v) is 5.28. The maximum Gasteiger partial charge on any atom is 0.253 e. The van der Waals surface area contributed by atoms with Crippen molar-refractivity contribution < 1.29 is 28.6 Å². The van der Waals surface area contributed by atoms with Crippen molar-refractivity contribution in [1.29, 1.82) is 0 Å². The van der Waals surface area contributed by atoms with E-state index >= 15 is 0 Å². The predicted octanol–water partition coefficient (Wildman–Crippen LogP) is 4.10. The summed E-state index contributed by atoms with van der Waals surface area (Å²) in [4.78, 5) is 29.6. The Hall–Kier alpha value is -3.14. The average molecular weight is 544 g/mol. The van der Waals surface area contributed by atoms with Gasteiger partial charge in [-0.05, 0) is 56.2 Å². The minimum absolute atomic E-state index is 0.00440.